The zero-order valence-corrected chi connectivity index (χ0v) is 12.9. The maximum absolute atomic E-state index is 11.4. The summed E-state index contributed by atoms with van der Waals surface area (Å²) < 4.78 is 45.2. The summed E-state index contributed by atoms with van der Waals surface area (Å²) in [5, 5.41) is 9.46. The first kappa shape index (κ1) is 16.7. The molecule has 0 aliphatic heterocycles. The second-order valence-corrected chi connectivity index (χ2v) is 7.68. The molecule has 0 aromatic heterocycles. The Morgan fingerprint density at radius 3 is 1.53 bits per heavy atom. The quantitative estimate of drug-likeness (QED) is 0.839. The van der Waals surface area contributed by atoms with Crippen molar-refractivity contribution in [3.8, 4) is 0 Å². The molecule has 0 heterocycles. The number of primary sulfonamides is 2. The minimum atomic E-state index is -4.25. The van der Waals surface area contributed by atoms with Crippen LogP contribution in [0, 0.1) is 0 Å². The van der Waals surface area contributed by atoms with E-state index in [1.54, 1.807) is 0 Å². The standard InChI is InChI=1S/C8H7Cl3N2O4S2/c9-7(8(10)11)6-4(18(12,14)15)2-1-3-5(6)19(13,16)17/h1-3H,(H2,12,14,15)(H2,13,16,17). The van der Waals surface area contributed by atoms with E-state index in [2.05, 4.69) is 0 Å². The number of sulfonamides is 2. The molecule has 1 aromatic rings. The third kappa shape index (κ3) is 3.82. The molecule has 0 spiro atoms. The van der Waals surface area contributed by atoms with Crippen molar-refractivity contribution >= 4 is 59.9 Å². The summed E-state index contributed by atoms with van der Waals surface area (Å²) in [5.41, 5.74) is -0.464. The van der Waals surface area contributed by atoms with E-state index in [4.69, 9.17) is 45.1 Å². The van der Waals surface area contributed by atoms with Crippen LogP contribution in [0.2, 0.25) is 0 Å². The van der Waals surface area contributed by atoms with Crippen molar-refractivity contribution in [2.75, 3.05) is 0 Å². The SMILES string of the molecule is NS(=O)(=O)c1cccc(S(N)(=O)=O)c1C(Cl)=C(Cl)Cl. The molecule has 0 amide bonds. The van der Waals surface area contributed by atoms with Gasteiger partial charge in [0.2, 0.25) is 20.0 Å². The van der Waals surface area contributed by atoms with Gasteiger partial charge in [0.05, 0.1) is 14.8 Å². The first-order valence-electron chi connectivity index (χ1n) is 4.36. The largest absolute Gasteiger partial charge is 0.238 e. The summed E-state index contributed by atoms with van der Waals surface area (Å²) in [7, 11) is -8.50. The number of rotatable bonds is 3. The lowest BCUT2D eigenvalue weighted by Crippen LogP contribution is -2.19. The molecule has 11 heteroatoms. The second kappa shape index (κ2) is 5.57. The average molecular weight is 366 g/mol. The van der Waals surface area contributed by atoms with Crippen molar-refractivity contribution in [2.24, 2.45) is 10.3 Å². The maximum atomic E-state index is 11.4. The van der Waals surface area contributed by atoms with Crippen LogP contribution in [0.3, 0.4) is 0 Å². The summed E-state index contributed by atoms with van der Waals surface area (Å²) >= 11 is 16.6. The highest BCUT2D eigenvalue weighted by Gasteiger charge is 2.25. The molecule has 0 saturated heterocycles. The van der Waals surface area contributed by atoms with Crippen molar-refractivity contribution in [3.05, 3.63) is 28.3 Å². The highest BCUT2D eigenvalue weighted by Crippen LogP contribution is 2.35. The van der Waals surface area contributed by atoms with E-state index in [0.717, 1.165) is 18.2 Å². The van der Waals surface area contributed by atoms with E-state index < -0.39 is 44.9 Å². The minimum Gasteiger partial charge on any atom is -0.225 e. The molecule has 19 heavy (non-hydrogen) atoms. The molecule has 0 radical (unpaired) electrons. The Morgan fingerprint density at radius 1 is 0.895 bits per heavy atom. The fourth-order valence-corrected chi connectivity index (χ4v) is 3.39. The molecule has 106 valence electrons. The minimum absolute atomic E-state index is 0.464. The van der Waals surface area contributed by atoms with Crippen LogP contribution in [-0.2, 0) is 20.0 Å². The monoisotopic (exact) mass is 364 g/mol. The summed E-state index contributed by atoms with van der Waals surface area (Å²) in [4.78, 5) is -1.11. The van der Waals surface area contributed by atoms with Gasteiger partial charge in [-0.05, 0) is 12.1 Å². The lowest BCUT2D eigenvalue weighted by Gasteiger charge is -2.11. The van der Waals surface area contributed by atoms with Crippen LogP contribution < -0.4 is 10.3 Å². The van der Waals surface area contributed by atoms with Crippen LogP contribution in [0.15, 0.2) is 32.5 Å². The van der Waals surface area contributed by atoms with Gasteiger partial charge in [0, 0.05) is 5.56 Å². The van der Waals surface area contributed by atoms with Gasteiger partial charge >= 0.3 is 0 Å². The van der Waals surface area contributed by atoms with Gasteiger partial charge in [0.15, 0.2) is 0 Å². The Morgan fingerprint density at radius 2 is 1.26 bits per heavy atom. The van der Waals surface area contributed by atoms with E-state index >= 15 is 0 Å². The van der Waals surface area contributed by atoms with Gasteiger partial charge in [-0.2, -0.15) is 0 Å². The molecule has 6 nitrogen and oxygen atoms in total. The van der Waals surface area contributed by atoms with Gasteiger partial charge in [-0.1, -0.05) is 40.9 Å². The van der Waals surface area contributed by atoms with Gasteiger partial charge in [-0.15, -0.1) is 0 Å². The van der Waals surface area contributed by atoms with E-state index in [-0.39, 0.29) is 0 Å². The summed E-state index contributed by atoms with van der Waals surface area (Å²) in [5.74, 6) is 0. The van der Waals surface area contributed by atoms with Gasteiger partial charge in [-0.25, -0.2) is 27.1 Å². The Balaban J connectivity index is 3.98. The first-order chi connectivity index (χ1) is 8.46. The summed E-state index contributed by atoms with van der Waals surface area (Å²) in [6, 6.07) is 3.26. The van der Waals surface area contributed by atoms with E-state index in [0.29, 0.717) is 0 Å². The smallest absolute Gasteiger partial charge is 0.225 e. The first-order valence-corrected chi connectivity index (χ1v) is 8.58. The van der Waals surface area contributed by atoms with Crippen molar-refractivity contribution in [1.82, 2.24) is 0 Å². The average Bonchev–Trinajstić information content (AvgIpc) is 2.24. The van der Waals surface area contributed by atoms with Crippen LogP contribution >= 0.6 is 34.8 Å². The van der Waals surface area contributed by atoms with Gasteiger partial charge in [0.25, 0.3) is 0 Å². The van der Waals surface area contributed by atoms with Crippen molar-refractivity contribution in [2.45, 2.75) is 9.79 Å². The number of halogens is 3. The van der Waals surface area contributed by atoms with E-state index in [1.807, 2.05) is 0 Å². The molecule has 0 aliphatic carbocycles. The molecule has 0 fully saturated rings. The molecule has 0 atom stereocenters. The zero-order chi connectivity index (χ0) is 15.0. The number of nitrogens with two attached hydrogens (primary N) is 2. The Kier molecular flexibility index (Phi) is 4.89. The molecule has 0 saturated carbocycles. The Hall–Kier alpha value is -0.350. The van der Waals surface area contributed by atoms with Crippen molar-refractivity contribution in [3.63, 3.8) is 0 Å². The fourth-order valence-electron chi connectivity index (χ4n) is 1.30. The summed E-state index contributed by atoms with van der Waals surface area (Å²) in [6.07, 6.45) is 0. The number of hydrogen-bond acceptors (Lipinski definition) is 4. The van der Waals surface area contributed by atoms with Gasteiger partial charge < -0.3 is 0 Å². The molecule has 0 unspecified atom stereocenters. The summed E-state index contributed by atoms with van der Waals surface area (Å²) in [6.45, 7) is 0. The third-order valence-electron chi connectivity index (χ3n) is 1.99. The third-order valence-corrected chi connectivity index (χ3v) is 4.84. The number of benzene rings is 1. The predicted octanol–water partition coefficient (Wildman–Crippen LogP) is 1.32. The highest BCUT2D eigenvalue weighted by atomic mass is 35.5. The molecular formula is C8H7Cl3N2O4S2. The molecule has 4 N–H and O–H groups in total. The van der Waals surface area contributed by atoms with Crippen LogP contribution in [0.1, 0.15) is 5.56 Å². The lowest BCUT2D eigenvalue weighted by molar-refractivity contribution is 0.595. The van der Waals surface area contributed by atoms with Gasteiger partial charge in [0.1, 0.15) is 4.49 Å². The highest BCUT2D eigenvalue weighted by molar-refractivity contribution is 7.90. The van der Waals surface area contributed by atoms with E-state index in [1.165, 1.54) is 0 Å². The lowest BCUT2D eigenvalue weighted by atomic mass is 10.2. The fraction of sp³-hybridized carbons (Fsp3) is 0. The van der Waals surface area contributed by atoms with Crippen LogP contribution in [0.5, 0.6) is 0 Å². The van der Waals surface area contributed by atoms with Crippen LogP contribution in [0.4, 0.5) is 0 Å². The van der Waals surface area contributed by atoms with Crippen molar-refractivity contribution < 1.29 is 16.8 Å². The predicted molar refractivity (Wildman–Crippen MR) is 73.7 cm³/mol. The topological polar surface area (TPSA) is 120 Å². The normalized spacial score (nSPS) is 12.3. The van der Waals surface area contributed by atoms with Crippen LogP contribution in [-0.4, -0.2) is 16.8 Å². The molecule has 0 aliphatic rings. The molecule has 1 aromatic carbocycles. The van der Waals surface area contributed by atoms with Crippen molar-refractivity contribution in [1.29, 1.82) is 0 Å². The van der Waals surface area contributed by atoms with Gasteiger partial charge in [-0.3, -0.25) is 0 Å². The maximum Gasteiger partial charge on any atom is 0.238 e. The molecule has 0 bridgehead atoms. The zero-order valence-electron chi connectivity index (χ0n) is 8.97. The molecule has 1 rings (SSSR count). The second-order valence-electron chi connectivity index (χ2n) is 3.29. The number of hydrogen-bond donors (Lipinski definition) is 2. The Labute approximate surface area is 125 Å². The van der Waals surface area contributed by atoms with E-state index in [9.17, 15) is 16.8 Å². The Bertz CT molecular complexity index is 702. The molecular weight excluding hydrogens is 359 g/mol. The van der Waals surface area contributed by atoms with Crippen LogP contribution in [0.25, 0.3) is 5.03 Å².